The van der Waals surface area contributed by atoms with Crippen LogP contribution in [0.4, 0.5) is 0 Å². The fourth-order valence-electron chi connectivity index (χ4n) is 0.572. The highest BCUT2D eigenvalue weighted by molar-refractivity contribution is 5.73. The third-order valence-corrected chi connectivity index (χ3v) is 1.25. The van der Waals surface area contributed by atoms with Crippen molar-refractivity contribution in [3.8, 4) is 0 Å². The molecule has 0 aromatic heterocycles. The van der Waals surface area contributed by atoms with Gasteiger partial charge in [0.1, 0.15) is 0 Å². The SMILES string of the molecule is CNCCOC(C)C(=O)OC. The van der Waals surface area contributed by atoms with Gasteiger partial charge in [-0.3, -0.25) is 0 Å². The summed E-state index contributed by atoms with van der Waals surface area (Å²) >= 11 is 0. The maximum absolute atomic E-state index is 10.7. The van der Waals surface area contributed by atoms with E-state index in [2.05, 4.69) is 10.1 Å². The van der Waals surface area contributed by atoms with E-state index in [1.165, 1.54) is 7.11 Å². The van der Waals surface area contributed by atoms with Crippen molar-refractivity contribution in [1.82, 2.24) is 5.32 Å². The first-order valence-corrected chi connectivity index (χ1v) is 3.56. The van der Waals surface area contributed by atoms with Gasteiger partial charge in [0.05, 0.1) is 13.7 Å². The summed E-state index contributed by atoms with van der Waals surface area (Å²) in [4.78, 5) is 10.7. The predicted octanol–water partition coefficient (Wildman–Crippen LogP) is -0.216. The highest BCUT2D eigenvalue weighted by atomic mass is 16.6. The number of rotatable bonds is 5. The second kappa shape index (κ2) is 6.12. The van der Waals surface area contributed by atoms with Crippen molar-refractivity contribution < 1.29 is 14.3 Å². The minimum Gasteiger partial charge on any atom is -0.467 e. The Morgan fingerprint density at radius 1 is 1.64 bits per heavy atom. The molecule has 4 nitrogen and oxygen atoms in total. The molecule has 0 amide bonds. The molecule has 0 saturated carbocycles. The van der Waals surface area contributed by atoms with E-state index >= 15 is 0 Å². The fraction of sp³-hybridized carbons (Fsp3) is 0.857. The van der Waals surface area contributed by atoms with Gasteiger partial charge in [-0.05, 0) is 14.0 Å². The highest BCUT2D eigenvalue weighted by Crippen LogP contribution is 1.91. The molecule has 0 spiro atoms. The van der Waals surface area contributed by atoms with E-state index in [0.717, 1.165) is 6.54 Å². The normalized spacial score (nSPS) is 12.6. The number of methoxy groups -OCH3 is 1. The Kier molecular flexibility index (Phi) is 5.78. The highest BCUT2D eigenvalue weighted by Gasteiger charge is 2.11. The van der Waals surface area contributed by atoms with Crippen LogP contribution in [0.3, 0.4) is 0 Å². The molecular formula is C7H15NO3. The van der Waals surface area contributed by atoms with Crippen LogP contribution in [-0.4, -0.2) is 39.4 Å². The van der Waals surface area contributed by atoms with Crippen LogP contribution in [0.2, 0.25) is 0 Å². The number of esters is 1. The number of hydrogen-bond donors (Lipinski definition) is 1. The second-order valence-electron chi connectivity index (χ2n) is 2.14. The number of carbonyl (C=O) groups is 1. The van der Waals surface area contributed by atoms with E-state index in [1.807, 2.05) is 7.05 Å². The van der Waals surface area contributed by atoms with Gasteiger partial charge in [0, 0.05) is 6.54 Å². The lowest BCUT2D eigenvalue weighted by molar-refractivity contribution is -0.152. The van der Waals surface area contributed by atoms with Gasteiger partial charge >= 0.3 is 5.97 Å². The standard InChI is InChI=1S/C7H15NO3/c1-6(7(9)10-3)11-5-4-8-2/h6,8H,4-5H2,1-3H3. The molecule has 1 atom stereocenters. The Balaban J connectivity index is 3.36. The van der Waals surface area contributed by atoms with Crippen molar-refractivity contribution >= 4 is 5.97 Å². The number of nitrogens with one attached hydrogen (secondary N) is 1. The van der Waals surface area contributed by atoms with Crippen molar-refractivity contribution in [3.05, 3.63) is 0 Å². The Hall–Kier alpha value is -0.610. The minimum absolute atomic E-state index is 0.332. The van der Waals surface area contributed by atoms with Crippen molar-refractivity contribution in [1.29, 1.82) is 0 Å². The summed E-state index contributed by atoms with van der Waals surface area (Å²) in [5.74, 6) is -0.332. The van der Waals surface area contributed by atoms with Crippen LogP contribution in [-0.2, 0) is 14.3 Å². The molecule has 1 N–H and O–H groups in total. The fourth-order valence-corrected chi connectivity index (χ4v) is 0.572. The first-order chi connectivity index (χ1) is 5.22. The van der Waals surface area contributed by atoms with Crippen molar-refractivity contribution in [2.75, 3.05) is 27.3 Å². The first-order valence-electron chi connectivity index (χ1n) is 3.56. The molecule has 0 radical (unpaired) electrons. The molecule has 1 unspecified atom stereocenters. The lowest BCUT2D eigenvalue weighted by Crippen LogP contribution is -2.25. The van der Waals surface area contributed by atoms with Gasteiger partial charge in [-0.25, -0.2) is 4.79 Å². The number of hydrogen-bond acceptors (Lipinski definition) is 4. The van der Waals surface area contributed by atoms with Crippen LogP contribution in [0.5, 0.6) is 0 Å². The third-order valence-electron chi connectivity index (χ3n) is 1.25. The van der Waals surface area contributed by atoms with Crippen LogP contribution in [0.15, 0.2) is 0 Å². The van der Waals surface area contributed by atoms with E-state index in [1.54, 1.807) is 6.92 Å². The minimum atomic E-state index is -0.464. The molecule has 0 aliphatic rings. The van der Waals surface area contributed by atoms with Crippen molar-refractivity contribution in [2.24, 2.45) is 0 Å². The molecular weight excluding hydrogens is 146 g/mol. The van der Waals surface area contributed by atoms with Crippen molar-refractivity contribution in [2.45, 2.75) is 13.0 Å². The lowest BCUT2D eigenvalue weighted by Gasteiger charge is -2.09. The summed E-state index contributed by atoms with van der Waals surface area (Å²) in [7, 11) is 3.17. The first kappa shape index (κ1) is 10.4. The van der Waals surface area contributed by atoms with Gasteiger partial charge in [-0.1, -0.05) is 0 Å². The van der Waals surface area contributed by atoms with Gasteiger partial charge in [0.15, 0.2) is 6.10 Å². The maximum atomic E-state index is 10.7. The molecule has 4 heteroatoms. The predicted molar refractivity (Wildman–Crippen MR) is 41.4 cm³/mol. The quantitative estimate of drug-likeness (QED) is 0.447. The van der Waals surface area contributed by atoms with Crippen LogP contribution < -0.4 is 5.32 Å². The number of carbonyl (C=O) groups excluding carboxylic acids is 1. The van der Waals surface area contributed by atoms with Crippen LogP contribution in [0, 0.1) is 0 Å². The Bertz CT molecular complexity index is 116. The van der Waals surface area contributed by atoms with Gasteiger partial charge < -0.3 is 14.8 Å². The monoisotopic (exact) mass is 161 g/mol. The zero-order valence-electron chi connectivity index (χ0n) is 7.22. The Morgan fingerprint density at radius 3 is 2.73 bits per heavy atom. The number of likely N-dealkylation sites (N-methyl/N-ethyl adjacent to an activating group) is 1. The molecule has 0 bridgehead atoms. The van der Waals surface area contributed by atoms with Gasteiger partial charge in [-0.15, -0.1) is 0 Å². The Labute approximate surface area is 66.9 Å². The van der Waals surface area contributed by atoms with Gasteiger partial charge in [0.2, 0.25) is 0 Å². The average molecular weight is 161 g/mol. The summed E-state index contributed by atoms with van der Waals surface area (Å²) in [6.07, 6.45) is -0.464. The van der Waals surface area contributed by atoms with Gasteiger partial charge in [-0.2, -0.15) is 0 Å². The van der Waals surface area contributed by atoms with E-state index in [0.29, 0.717) is 6.61 Å². The van der Waals surface area contributed by atoms with Crippen LogP contribution in [0.1, 0.15) is 6.92 Å². The molecule has 0 heterocycles. The molecule has 0 aliphatic carbocycles. The smallest absolute Gasteiger partial charge is 0.334 e. The van der Waals surface area contributed by atoms with Crippen molar-refractivity contribution in [3.63, 3.8) is 0 Å². The van der Waals surface area contributed by atoms with E-state index in [-0.39, 0.29) is 5.97 Å². The summed E-state index contributed by atoms with van der Waals surface area (Å²) in [6.45, 7) is 2.93. The number of ether oxygens (including phenoxy) is 2. The van der Waals surface area contributed by atoms with E-state index in [9.17, 15) is 4.79 Å². The molecule has 0 aliphatic heterocycles. The van der Waals surface area contributed by atoms with Crippen LogP contribution in [0.25, 0.3) is 0 Å². The maximum Gasteiger partial charge on any atom is 0.334 e. The van der Waals surface area contributed by atoms with E-state index < -0.39 is 6.10 Å². The molecule has 0 saturated heterocycles. The summed E-state index contributed by atoms with van der Waals surface area (Å²) < 4.78 is 9.56. The molecule has 66 valence electrons. The molecule has 0 aromatic carbocycles. The summed E-state index contributed by atoms with van der Waals surface area (Å²) in [5.41, 5.74) is 0. The van der Waals surface area contributed by atoms with Crippen LogP contribution >= 0.6 is 0 Å². The zero-order valence-corrected chi connectivity index (χ0v) is 7.22. The zero-order chi connectivity index (χ0) is 8.69. The third kappa shape index (κ3) is 4.75. The molecule has 0 aromatic rings. The largest absolute Gasteiger partial charge is 0.467 e. The average Bonchev–Trinajstić information content (AvgIpc) is 2.03. The molecule has 11 heavy (non-hydrogen) atoms. The van der Waals surface area contributed by atoms with Gasteiger partial charge in [0.25, 0.3) is 0 Å². The molecule has 0 rings (SSSR count). The Morgan fingerprint density at radius 2 is 2.27 bits per heavy atom. The summed E-state index contributed by atoms with van der Waals surface area (Å²) in [5, 5.41) is 2.90. The second-order valence-corrected chi connectivity index (χ2v) is 2.14. The van der Waals surface area contributed by atoms with E-state index in [4.69, 9.17) is 4.74 Å². The summed E-state index contributed by atoms with van der Waals surface area (Å²) in [6, 6.07) is 0. The molecule has 0 fully saturated rings. The topological polar surface area (TPSA) is 47.6 Å². The lowest BCUT2D eigenvalue weighted by atomic mass is 10.4.